The van der Waals surface area contributed by atoms with Crippen molar-refractivity contribution in [3.05, 3.63) is 27.1 Å². The molecule has 0 atom stereocenters. The van der Waals surface area contributed by atoms with Gasteiger partial charge in [0.15, 0.2) is 0 Å². The highest BCUT2D eigenvalue weighted by molar-refractivity contribution is 7.16. The molecule has 1 N–H and O–H groups in total. The highest BCUT2D eigenvalue weighted by Crippen LogP contribution is 2.12. The van der Waals surface area contributed by atoms with E-state index in [-0.39, 0.29) is 12.1 Å². The summed E-state index contributed by atoms with van der Waals surface area (Å²) in [6.45, 7) is 4.90. The summed E-state index contributed by atoms with van der Waals surface area (Å²) in [5.41, 5.74) is 0.360. The second-order valence-corrected chi connectivity index (χ2v) is 5.77. The van der Waals surface area contributed by atoms with Crippen LogP contribution in [-0.2, 0) is 17.8 Å². The van der Waals surface area contributed by atoms with Crippen LogP contribution in [0.2, 0.25) is 0 Å². The number of aryl methyl sites for hydroxylation is 1. The van der Waals surface area contributed by atoms with E-state index in [1.165, 1.54) is 21.9 Å². The third-order valence-electron chi connectivity index (χ3n) is 2.93. The van der Waals surface area contributed by atoms with E-state index in [1.54, 1.807) is 4.90 Å². The van der Waals surface area contributed by atoms with Gasteiger partial charge >= 0.3 is 5.97 Å². The number of nitrogens with zero attached hydrogens (tertiary/aromatic N) is 4. The number of hydrogen-bond donors (Lipinski definition) is 1. The van der Waals surface area contributed by atoms with Crippen molar-refractivity contribution >= 4 is 22.3 Å². The quantitative estimate of drug-likeness (QED) is 0.821. The highest BCUT2D eigenvalue weighted by Gasteiger charge is 2.13. The fourth-order valence-electron chi connectivity index (χ4n) is 2.07. The van der Waals surface area contributed by atoms with E-state index in [0.29, 0.717) is 23.7 Å². The lowest BCUT2D eigenvalue weighted by Gasteiger charge is -2.18. The first-order valence-corrected chi connectivity index (χ1v) is 7.68. The lowest BCUT2D eigenvalue weighted by atomic mass is 10.3. The Labute approximate surface area is 125 Å². The highest BCUT2D eigenvalue weighted by atomic mass is 32.1. The van der Waals surface area contributed by atoms with Gasteiger partial charge in [0, 0.05) is 12.6 Å². The maximum absolute atomic E-state index is 12.0. The summed E-state index contributed by atoms with van der Waals surface area (Å²) >= 11 is 1.39. The maximum atomic E-state index is 12.0. The Morgan fingerprint density at radius 2 is 2.24 bits per heavy atom. The Balaban J connectivity index is 2.28. The summed E-state index contributed by atoms with van der Waals surface area (Å²) in [5, 5.41) is 14.0. The Hall–Kier alpha value is -1.80. The molecular formula is C13H18N4O3S. The molecule has 0 aliphatic heterocycles. The van der Waals surface area contributed by atoms with Crippen LogP contribution in [0.1, 0.15) is 31.0 Å². The maximum Gasteiger partial charge on any atom is 0.317 e. The first-order valence-electron chi connectivity index (χ1n) is 6.86. The van der Waals surface area contributed by atoms with Crippen molar-refractivity contribution in [2.24, 2.45) is 0 Å². The molecule has 0 saturated carbocycles. The van der Waals surface area contributed by atoms with Gasteiger partial charge in [0.05, 0.1) is 12.2 Å². The molecule has 2 rings (SSSR count). The van der Waals surface area contributed by atoms with Gasteiger partial charge in [-0.3, -0.25) is 14.5 Å². The second kappa shape index (κ2) is 6.77. The Kier molecular flexibility index (Phi) is 5.03. The minimum absolute atomic E-state index is 0.0577. The summed E-state index contributed by atoms with van der Waals surface area (Å²) in [7, 11) is 0. The molecule has 21 heavy (non-hydrogen) atoms. The van der Waals surface area contributed by atoms with Gasteiger partial charge in [0.1, 0.15) is 5.01 Å². The van der Waals surface area contributed by atoms with Crippen LogP contribution in [0.4, 0.5) is 0 Å². The lowest BCUT2D eigenvalue weighted by molar-refractivity contribution is -0.138. The first kappa shape index (κ1) is 15.6. The third-order valence-corrected chi connectivity index (χ3v) is 3.98. The van der Waals surface area contributed by atoms with Gasteiger partial charge in [-0.15, -0.1) is 0 Å². The predicted octanol–water partition coefficient (Wildman–Crippen LogP) is 1.01. The van der Waals surface area contributed by atoms with Crippen molar-refractivity contribution in [1.29, 1.82) is 0 Å². The van der Waals surface area contributed by atoms with Crippen molar-refractivity contribution in [3.8, 4) is 0 Å². The van der Waals surface area contributed by atoms with Crippen LogP contribution >= 0.6 is 11.3 Å². The zero-order valence-electron chi connectivity index (χ0n) is 12.1. The molecular weight excluding hydrogens is 292 g/mol. The number of rotatable bonds is 7. The number of fused-ring (bicyclic) bond motifs is 1. The van der Waals surface area contributed by atoms with Gasteiger partial charge in [-0.25, -0.2) is 4.98 Å². The molecule has 0 fully saturated rings. The molecule has 0 bridgehead atoms. The molecule has 7 nitrogen and oxygen atoms in total. The van der Waals surface area contributed by atoms with E-state index in [1.807, 2.05) is 13.8 Å². The smallest absolute Gasteiger partial charge is 0.317 e. The van der Waals surface area contributed by atoms with Gasteiger partial charge in [-0.1, -0.05) is 25.2 Å². The van der Waals surface area contributed by atoms with Gasteiger partial charge < -0.3 is 5.11 Å². The van der Waals surface area contributed by atoms with Crippen LogP contribution in [0.15, 0.2) is 10.9 Å². The molecule has 0 aliphatic rings. The Morgan fingerprint density at radius 3 is 2.86 bits per heavy atom. The zero-order chi connectivity index (χ0) is 15.4. The van der Waals surface area contributed by atoms with E-state index in [0.717, 1.165) is 17.8 Å². The van der Waals surface area contributed by atoms with Gasteiger partial charge in [0.2, 0.25) is 4.96 Å². The van der Waals surface area contributed by atoms with Crippen molar-refractivity contribution in [3.63, 3.8) is 0 Å². The molecule has 114 valence electrons. The van der Waals surface area contributed by atoms with E-state index in [2.05, 4.69) is 10.1 Å². The molecule has 0 spiro atoms. The number of aliphatic carboxylic acids is 1. The topological polar surface area (TPSA) is 87.8 Å². The van der Waals surface area contributed by atoms with Crippen LogP contribution in [0, 0.1) is 0 Å². The minimum atomic E-state index is -0.882. The fraction of sp³-hybridized carbons (Fsp3) is 0.538. The third kappa shape index (κ3) is 3.85. The Bertz CT molecular complexity index is 694. The van der Waals surface area contributed by atoms with Crippen molar-refractivity contribution in [2.45, 2.75) is 33.2 Å². The van der Waals surface area contributed by atoms with Crippen LogP contribution < -0.4 is 5.56 Å². The van der Waals surface area contributed by atoms with E-state index in [9.17, 15) is 9.59 Å². The number of carboxylic acid groups (broad SMARTS) is 1. The average Bonchev–Trinajstić information content (AvgIpc) is 2.82. The first-order chi connectivity index (χ1) is 10.0. The van der Waals surface area contributed by atoms with Gasteiger partial charge in [-0.2, -0.15) is 9.61 Å². The van der Waals surface area contributed by atoms with E-state index < -0.39 is 5.97 Å². The van der Waals surface area contributed by atoms with E-state index >= 15 is 0 Å². The molecule has 0 radical (unpaired) electrons. The molecule has 2 aromatic heterocycles. The molecule has 0 aliphatic carbocycles. The standard InChI is InChI=1S/C13H18N4O3S/c1-3-5-16(8-12(19)20)7-9-6-11(18)17-13(14-9)21-10(4-2)15-17/h6H,3-5,7-8H2,1-2H3,(H,19,20). The van der Waals surface area contributed by atoms with Crippen molar-refractivity contribution in [2.75, 3.05) is 13.1 Å². The van der Waals surface area contributed by atoms with Crippen LogP contribution in [0.3, 0.4) is 0 Å². The van der Waals surface area contributed by atoms with Crippen LogP contribution in [0.25, 0.3) is 4.96 Å². The lowest BCUT2D eigenvalue weighted by Crippen LogP contribution is -2.31. The largest absolute Gasteiger partial charge is 0.480 e. The number of hydrogen-bond acceptors (Lipinski definition) is 6. The summed E-state index contributed by atoms with van der Waals surface area (Å²) in [6, 6.07) is 1.43. The SMILES string of the molecule is CCCN(CC(=O)O)Cc1cc(=O)n2nc(CC)sc2n1. The normalized spacial score (nSPS) is 11.4. The van der Waals surface area contributed by atoms with Gasteiger partial charge in [0.25, 0.3) is 5.56 Å². The monoisotopic (exact) mass is 310 g/mol. The predicted molar refractivity (Wildman–Crippen MR) is 79.7 cm³/mol. The molecule has 0 amide bonds. The summed E-state index contributed by atoms with van der Waals surface area (Å²) in [4.78, 5) is 29.6. The van der Waals surface area contributed by atoms with Crippen molar-refractivity contribution < 1.29 is 9.90 Å². The Morgan fingerprint density at radius 1 is 1.48 bits per heavy atom. The molecule has 2 aromatic rings. The number of carboxylic acids is 1. The van der Waals surface area contributed by atoms with Crippen LogP contribution in [-0.4, -0.2) is 43.7 Å². The zero-order valence-corrected chi connectivity index (χ0v) is 12.9. The second-order valence-electron chi connectivity index (χ2n) is 4.73. The summed E-state index contributed by atoms with van der Waals surface area (Å²) in [5.74, 6) is -0.882. The molecule has 0 aromatic carbocycles. The fourth-order valence-corrected chi connectivity index (χ4v) is 2.93. The molecule has 0 saturated heterocycles. The molecule has 0 unspecified atom stereocenters. The van der Waals surface area contributed by atoms with Crippen molar-refractivity contribution in [1.82, 2.24) is 19.5 Å². The average molecular weight is 310 g/mol. The minimum Gasteiger partial charge on any atom is -0.480 e. The summed E-state index contributed by atoms with van der Waals surface area (Å²) < 4.78 is 1.30. The number of carbonyl (C=O) groups is 1. The summed E-state index contributed by atoms with van der Waals surface area (Å²) in [6.07, 6.45) is 1.60. The number of aromatic nitrogens is 3. The molecule has 2 heterocycles. The van der Waals surface area contributed by atoms with Crippen LogP contribution in [0.5, 0.6) is 0 Å². The molecule has 8 heteroatoms. The van der Waals surface area contributed by atoms with E-state index in [4.69, 9.17) is 5.11 Å². The van der Waals surface area contributed by atoms with Gasteiger partial charge in [-0.05, 0) is 19.4 Å².